The number of aromatic amines is 2. The molecular weight excluding hydrogens is 759 g/mol. The van der Waals surface area contributed by atoms with E-state index in [9.17, 15) is 8.78 Å². The molecule has 0 amide bonds. The quantitative estimate of drug-likeness (QED) is 0.103. The monoisotopic (exact) mass is 816 g/mol. The van der Waals surface area contributed by atoms with Gasteiger partial charge in [-0.3, -0.25) is 0 Å². The normalized spacial score (nSPS) is 17.5. The second-order valence-electron chi connectivity index (χ2n) is 17.7. The summed E-state index contributed by atoms with van der Waals surface area (Å²) in [5, 5.41) is 4.44. The molecule has 0 unspecified atom stereocenters. The Kier molecular flexibility index (Phi) is 11.8. The van der Waals surface area contributed by atoms with Gasteiger partial charge < -0.3 is 19.8 Å². The minimum Gasteiger partial charge on any atom is -0.338 e. The van der Waals surface area contributed by atoms with Crippen molar-refractivity contribution in [3.05, 3.63) is 71.3 Å². The third-order valence-electron chi connectivity index (χ3n) is 13.5. The number of fused-ring (bicyclic) bond motifs is 2. The maximum absolute atomic E-state index is 14.6. The van der Waals surface area contributed by atoms with Crippen LogP contribution in [0.4, 0.5) is 20.7 Å². The molecule has 0 radical (unpaired) electrons. The molecule has 4 aromatic heterocycles. The topological polar surface area (TPSA) is 122 Å². The number of aryl methyl sites for hydroxylation is 2. The van der Waals surface area contributed by atoms with E-state index in [-0.39, 0.29) is 17.6 Å². The fraction of sp³-hybridized carbons (Fsp3) is 0.522. The lowest BCUT2D eigenvalue weighted by atomic mass is 9.81. The number of halogens is 2. The van der Waals surface area contributed by atoms with Crippen molar-refractivity contribution in [2.24, 2.45) is 11.8 Å². The van der Waals surface area contributed by atoms with E-state index in [0.717, 1.165) is 99.0 Å². The number of hydrogen-bond donors (Lipinski definition) is 2. The second kappa shape index (κ2) is 17.5. The number of piperidine rings is 2. The van der Waals surface area contributed by atoms with Crippen molar-refractivity contribution in [2.75, 3.05) is 63.4 Å². The third-order valence-corrected chi connectivity index (χ3v) is 13.5. The van der Waals surface area contributed by atoms with Crippen molar-refractivity contribution < 1.29 is 8.78 Å². The summed E-state index contributed by atoms with van der Waals surface area (Å²) in [5.74, 6) is 3.58. The van der Waals surface area contributed by atoms with Crippen molar-refractivity contribution >= 4 is 34.0 Å². The molecule has 1 saturated carbocycles. The van der Waals surface area contributed by atoms with Gasteiger partial charge in [0.25, 0.3) is 0 Å². The van der Waals surface area contributed by atoms with E-state index in [1.165, 1.54) is 37.8 Å². The minimum atomic E-state index is -0.280. The van der Waals surface area contributed by atoms with Crippen LogP contribution in [0.5, 0.6) is 0 Å². The van der Waals surface area contributed by atoms with Gasteiger partial charge in [-0.1, -0.05) is 6.42 Å². The lowest BCUT2D eigenvalue weighted by Crippen LogP contribution is -2.47. The Bertz CT molecular complexity index is 2410. The molecule has 3 aliphatic rings. The van der Waals surface area contributed by atoms with Crippen LogP contribution >= 0.6 is 0 Å². The van der Waals surface area contributed by atoms with E-state index < -0.39 is 0 Å². The molecule has 0 bridgehead atoms. The van der Waals surface area contributed by atoms with Gasteiger partial charge in [-0.15, -0.1) is 0 Å². The van der Waals surface area contributed by atoms with Gasteiger partial charge in [0.05, 0.1) is 38.9 Å². The zero-order valence-electron chi connectivity index (χ0n) is 35.5. The second-order valence-corrected chi connectivity index (χ2v) is 17.7. The lowest BCUT2D eigenvalue weighted by molar-refractivity contribution is 0.209. The molecule has 1 aliphatic carbocycles. The van der Waals surface area contributed by atoms with Gasteiger partial charge in [0.1, 0.15) is 23.3 Å². The van der Waals surface area contributed by atoms with Crippen molar-refractivity contribution in [1.82, 2.24) is 49.7 Å². The highest BCUT2D eigenvalue weighted by molar-refractivity contribution is 5.83. The first-order chi connectivity index (χ1) is 29.2. The van der Waals surface area contributed by atoms with Crippen LogP contribution in [0.2, 0.25) is 0 Å². The molecule has 3 fully saturated rings. The molecule has 14 heteroatoms. The highest BCUT2D eigenvalue weighted by Gasteiger charge is 2.30. The van der Waals surface area contributed by atoms with Crippen molar-refractivity contribution in [2.45, 2.75) is 90.4 Å². The molecule has 2 aliphatic heterocycles. The standard InChI is InChI=1S/C46H58F2N12/c1-29-36(47)12-14-38-40(29)54-43(52-38)34-26-49-45(50-27-34)59(20-6-8-31-16-22-57(3)23-17-31)60(21-7-9-32-18-24-58(4)25-19-32)46-51-28-35(42(56-46)33-10-5-11-33)44-53-39-15-13-37(48)30(2)41(39)55-44/h12-15,26-28,31-33H,5-11,16-25H2,1-4H3,(H,52,54)(H,53,55). The number of hydrazine groups is 1. The van der Waals surface area contributed by atoms with Gasteiger partial charge in [-0.25, -0.2) is 48.7 Å². The number of hydrogen-bond acceptors (Lipinski definition) is 10. The summed E-state index contributed by atoms with van der Waals surface area (Å²) in [6.45, 7) is 9.50. The highest BCUT2D eigenvalue weighted by atomic mass is 19.1. The smallest absolute Gasteiger partial charge is 0.244 e. The average molecular weight is 817 g/mol. The molecule has 60 heavy (non-hydrogen) atoms. The van der Waals surface area contributed by atoms with Crippen LogP contribution < -0.4 is 10.0 Å². The predicted molar refractivity (Wildman–Crippen MR) is 234 cm³/mol. The zero-order chi connectivity index (χ0) is 41.3. The Balaban J connectivity index is 1.07. The first-order valence-electron chi connectivity index (χ1n) is 22.1. The Morgan fingerprint density at radius 1 is 0.633 bits per heavy atom. The first-order valence-corrected chi connectivity index (χ1v) is 22.1. The molecule has 316 valence electrons. The van der Waals surface area contributed by atoms with E-state index in [1.54, 1.807) is 26.0 Å². The molecule has 0 atom stereocenters. The Morgan fingerprint density at radius 2 is 1.13 bits per heavy atom. The summed E-state index contributed by atoms with van der Waals surface area (Å²) in [5.41, 5.74) is 6.40. The Hall–Kier alpha value is -5.08. The SMILES string of the molecule is Cc1c(F)ccc2[nH]c(-c3cnc(N(CCCC4CCN(C)CC4)N(CCCC4CCN(C)CC4)c4ncc(-c5nc6c(C)c(F)ccc6[nH]5)c(C5CCC5)n4)nc3)nc12. The lowest BCUT2D eigenvalue weighted by Gasteiger charge is -2.37. The van der Waals surface area contributed by atoms with Crippen molar-refractivity contribution in [1.29, 1.82) is 0 Å². The Morgan fingerprint density at radius 3 is 1.67 bits per heavy atom. The van der Waals surface area contributed by atoms with Gasteiger partial charge in [0, 0.05) is 48.7 Å². The number of benzene rings is 2. The minimum absolute atomic E-state index is 0.267. The molecule has 6 aromatic rings. The number of rotatable bonds is 14. The van der Waals surface area contributed by atoms with Crippen molar-refractivity contribution in [3.8, 4) is 22.8 Å². The van der Waals surface area contributed by atoms with E-state index >= 15 is 0 Å². The van der Waals surface area contributed by atoms with Crippen LogP contribution in [0.1, 0.15) is 93.4 Å². The summed E-state index contributed by atoms with van der Waals surface area (Å²) in [4.78, 5) is 41.9. The maximum Gasteiger partial charge on any atom is 0.244 e. The van der Waals surface area contributed by atoms with Crippen LogP contribution in [0.15, 0.2) is 42.9 Å². The van der Waals surface area contributed by atoms with Crippen LogP contribution in [-0.4, -0.2) is 103 Å². The predicted octanol–water partition coefficient (Wildman–Crippen LogP) is 8.99. The highest BCUT2D eigenvalue weighted by Crippen LogP contribution is 2.41. The van der Waals surface area contributed by atoms with Gasteiger partial charge in [-0.05, 0) is 154 Å². The van der Waals surface area contributed by atoms with Gasteiger partial charge in [0.2, 0.25) is 11.9 Å². The van der Waals surface area contributed by atoms with Gasteiger partial charge >= 0.3 is 0 Å². The van der Waals surface area contributed by atoms with Crippen LogP contribution in [0, 0.1) is 37.3 Å². The number of likely N-dealkylation sites (tertiary alicyclic amines) is 2. The molecule has 6 heterocycles. The summed E-state index contributed by atoms with van der Waals surface area (Å²) in [7, 11) is 4.43. The molecule has 0 spiro atoms. The third kappa shape index (κ3) is 8.45. The number of anilines is 2. The molecular formula is C46H58F2N12. The summed E-state index contributed by atoms with van der Waals surface area (Å²) in [6, 6.07) is 6.43. The van der Waals surface area contributed by atoms with Crippen LogP contribution in [0.3, 0.4) is 0 Å². The number of H-pyrrole nitrogens is 2. The van der Waals surface area contributed by atoms with Crippen molar-refractivity contribution in [3.63, 3.8) is 0 Å². The fourth-order valence-corrected chi connectivity index (χ4v) is 9.32. The number of aromatic nitrogens is 8. The number of imidazole rings is 2. The van der Waals surface area contributed by atoms with Gasteiger partial charge in [0.15, 0.2) is 0 Å². The number of nitrogens with zero attached hydrogens (tertiary/aromatic N) is 10. The van der Waals surface area contributed by atoms with E-state index in [4.69, 9.17) is 29.9 Å². The summed E-state index contributed by atoms with van der Waals surface area (Å²) >= 11 is 0. The van der Waals surface area contributed by atoms with Gasteiger partial charge in [-0.2, -0.15) is 0 Å². The average Bonchev–Trinajstić information content (AvgIpc) is 3.88. The maximum atomic E-state index is 14.6. The molecule has 2 N–H and O–H groups in total. The molecule has 2 aromatic carbocycles. The summed E-state index contributed by atoms with van der Waals surface area (Å²) in [6.07, 6.45) is 17.8. The number of nitrogens with one attached hydrogen (secondary N) is 2. The molecule has 12 nitrogen and oxygen atoms in total. The Labute approximate surface area is 351 Å². The first kappa shape index (κ1) is 40.3. The van der Waals surface area contributed by atoms with Crippen LogP contribution in [0.25, 0.3) is 44.8 Å². The summed E-state index contributed by atoms with van der Waals surface area (Å²) < 4.78 is 29.0. The fourth-order valence-electron chi connectivity index (χ4n) is 9.32. The van der Waals surface area contributed by atoms with Crippen LogP contribution in [-0.2, 0) is 0 Å². The molecule has 9 rings (SSSR count). The van der Waals surface area contributed by atoms with E-state index in [0.29, 0.717) is 70.6 Å². The largest absolute Gasteiger partial charge is 0.338 e. The molecule has 2 saturated heterocycles. The zero-order valence-corrected chi connectivity index (χ0v) is 35.5. The van der Waals surface area contributed by atoms with E-state index in [2.05, 4.69) is 43.9 Å². The van der Waals surface area contributed by atoms with E-state index in [1.807, 2.05) is 18.6 Å².